The second kappa shape index (κ2) is 4.60. The van der Waals surface area contributed by atoms with Gasteiger partial charge in [0.25, 0.3) is 0 Å². The SMILES string of the molecule is CCOC(=O)C(C)=Cn1ccnc1C. The molecule has 0 amide bonds. The maximum Gasteiger partial charge on any atom is 0.335 e. The van der Waals surface area contributed by atoms with E-state index in [1.807, 2.05) is 6.92 Å². The molecule has 1 aromatic rings. The Morgan fingerprint density at radius 3 is 2.93 bits per heavy atom. The number of hydrogen-bond acceptors (Lipinski definition) is 3. The van der Waals surface area contributed by atoms with Gasteiger partial charge in [-0.3, -0.25) is 0 Å². The molecule has 0 atom stereocenters. The predicted octanol–water partition coefficient (Wildman–Crippen LogP) is 1.62. The Kier molecular flexibility index (Phi) is 3.45. The summed E-state index contributed by atoms with van der Waals surface area (Å²) in [6.45, 7) is 5.77. The number of nitrogens with zero attached hydrogens (tertiary/aromatic N) is 2. The zero-order chi connectivity index (χ0) is 10.6. The van der Waals surface area contributed by atoms with Crippen LogP contribution in [0.4, 0.5) is 0 Å². The predicted molar refractivity (Wildman–Crippen MR) is 53.5 cm³/mol. The van der Waals surface area contributed by atoms with Crippen LogP contribution >= 0.6 is 0 Å². The summed E-state index contributed by atoms with van der Waals surface area (Å²) in [5.74, 6) is 0.550. The van der Waals surface area contributed by atoms with Gasteiger partial charge >= 0.3 is 5.97 Å². The summed E-state index contributed by atoms with van der Waals surface area (Å²) < 4.78 is 6.64. The summed E-state index contributed by atoms with van der Waals surface area (Å²) in [5, 5.41) is 0. The van der Waals surface area contributed by atoms with Crippen LogP contribution in [0.3, 0.4) is 0 Å². The van der Waals surface area contributed by atoms with Crippen molar-refractivity contribution < 1.29 is 9.53 Å². The molecule has 0 aliphatic heterocycles. The van der Waals surface area contributed by atoms with Crippen molar-refractivity contribution in [3.05, 3.63) is 23.8 Å². The molecular weight excluding hydrogens is 180 g/mol. The Bertz CT molecular complexity index is 353. The van der Waals surface area contributed by atoms with Gasteiger partial charge in [0, 0.05) is 18.6 Å². The van der Waals surface area contributed by atoms with Gasteiger partial charge in [0.15, 0.2) is 0 Å². The molecule has 0 unspecified atom stereocenters. The van der Waals surface area contributed by atoms with Crippen molar-refractivity contribution in [2.45, 2.75) is 20.8 Å². The van der Waals surface area contributed by atoms with Crippen molar-refractivity contribution in [1.82, 2.24) is 9.55 Å². The Morgan fingerprint density at radius 2 is 2.43 bits per heavy atom. The fourth-order valence-electron chi connectivity index (χ4n) is 1.03. The summed E-state index contributed by atoms with van der Waals surface area (Å²) in [6, 6.07) is 0. The molecule has 0 saturated heterocycles. The first kappa shape index (κ1) is 10.5. The molecule has 14 heavy (non-hydrogen) atoms. The lowest BCUT2D eigenvalue weighted by Gasteiger charge is -2.02. The lowest BCUT2D eigenvalue weighted by Crippen LogP contribution is -2.06. The highest BCUT2D eigenvalue weighted by atomic mass is 16.5. The minimum absolute atomic E-state index is 0.291. The second-order valence-electron chi connectivity index (χ2n) is 2.91. The fourth-order valence-corrected chi connectivity index (χ4v) is 1.03. The van der Waals surface area contributed by atoms with E-state index in [0.717, 1.165) is 5.82 Å². The molecule has 0 aliphatic rings. The zero-order valence-corrected chi connectivity index (χ0v) is 8.65. The Hall–Kier alpha value is -1.58. The number of imidazole rings is 1. The lowest BCUT2D eigenvalue weighted by atomic mass is 10.3. The molecule has 0 spiro atoms. The van der Waals surface area contributed by atoms with Crippen molar-refractivity contribution in [2.24, 2.45) is 0 Å². The van der Waals surface area contributed by atoms with Crippen molar-refractivity contribution in [3.63, 3.8) is 0 Å². The fraction of sp³-hybridized carbons (Fsp3) is 0.400. The van der Waals surface area contributed by atoms with Crippen LogP contribution in [0.2, 0.25) is 0 Å². The van der Waals surface area contributed by atoms with Crippen LogP contribution < -0.4 is 0 Å². The van der Waals surface area contributed by atoms with Gasteiger partial charge in [0.05, 0.1) is 12.2 Å². The van der Waals surface area contributed by atoms with Gasteiger partial charge in [0.1, 0.15) is 5.82 Å². The molecule has 0 bridgehead atoms. The number of ether oxygens (including phenoxy) is 1. The number of hydrogen-bond donors (Lipinski definition) is 0. The molecule has 76 valence electrons. The number of aryl methyl sites for hydroxylation is 1. The second-order valence-corrected chi connectivity index (χ2v) is 2.91. The van der Waals surface area contributed by atoms with E-state index in [9.17, 15) is 4.79 Å². The molecule has 0 fully saturated rings. The Labute approximate surface area is 83.2 Å². The number of carbonyl (C=O) groups excluding carboxylic acids is 1. The van der Waals surface area contributed by atoms with Gasteiger partial charge in [0.2, 0.25) is 0 Å². The average Bonchev–Trinajstić information content (AvgIpc) is 2.52. The largest absolute Gasteiger partial charge is 0.463 e. The first-order chi connectivity index (χ1) is 6.65. The summed E-state index contributed by atoms with van der Waals surface area (Å²) in [4.78, 5) is 15.3. The number of rotatable bonds is 3. The monoisotopic (exact) mass is 194 g/mol. The van der Waals surface area contributed by atoms with Crippen LogP contribution in [0.25, 0.3) is 6.20 Å². The third-order valence-electron chi connectivity index (χ3n) is 1.79. The number of carbonyl (C=O) groups is 1. The average molecular weight is 194 g/mol. The molecular formula is C10H14N2O2. The Morgan fingerprint density at radius 1 is 1.71 bits per heavy atom. The molecule has 1 aromatic heterocycles. The molecule has 1 rings (SSSR count). The van der Waals surface area contributed by atoms with Crippen LogP contribution in [0.5, 0.6) is 0 Å². The van der Waals surface area contributed by atoms with E-state index in [1.165, 1.54) is 0 Å². The topological polar surface area (TPSA) is 44.1 Å². The molecule has 1 heterocycles. The van der Waals surface area contributed by atoms with Crippen molar-refractivity contribution >= 4 is 12.2 Å². The third-order valence-corrected chi connectivity index (χ3v) is 1.79. The van der Waals surface area contributed by atoms with Crippen molar-refractivity contribution in [3.8, 4) is 0 Å². The van der Waals surface area contributed by atoms with E-state index < -0.39 is 0 Å². The maximum absolute atomic E-state index is 11.3. The molecule has 0 N–H and O–H groups in total. The number of aromatic nitrogens is 2. The van der Waals surface area contributed by atoms with Gasteiger partial charge < -0.3 is 9.30 Å². The molecule has 0 radical (unpaired) electrons. The first-order valence-electron chi connectivity index (χ1n) is 4.50. The van der Waals surface area contributed by atoms with E-state index in [-0.39, 0.29) is 5.97 Å². The van der Waals surface area contributed by atoms with Crippen molar-refractivity contribution in [1.29, 1.82) is 0 Å². The van der Waals surface area contributed by atoms with Gasteiger partial charge in [-0.1, -0.05) is 0 Å². The summed E-state index contributed by atoms with van der Waals surface area (Å²) in [7, 11) is 0. The van der Waals surface area contributed by atoms with E-state index in [2.05, 4.69) is 4.98 Å². The summed E-state index contributed by atoms with van der Waals surface area (Å²) in [6.07, 6.45) is 5.18. The van der Waals surface area contributed by atoms with Crippen molar-refractivity contribution in [2.75, 3.05) is 6.61 Å². The molecule has 0 aliphatic carbocycles. The smallest absolute Gasteiger partial charge is 0.335 e. The van der Waals surface area contributed by atoms with Gasteiger partial charge in [-0.2, -0.15) is 0 Å². The van der Waals surface area contributed by atoms with Gasteiger partial charge in [-0.05, 0) is 20.8 Å². The van der Waals surface area contributed by atoms with E-state index in [0.29, 0.717) is 12.2 Å². The highest BCUT2D eigenvalue weighted by molar-refractivity contribution is 5.91. The molecule has 4 nitrogen and oxygen atoms in total. The first-order valence-corrected chi connectivity index (χ1v) is 4.50. The maximum atomic E-state index is 11.3. The minimum atomic E-state index is -0.291. The minimum Gasteiger partial charge on any atom is -0.463 e. The Balaban J connectivity index is 2.78. The zero-order valence-electron chi connectivity index (χ0n) is 8.65. The highest BCUT2D eigenvalue weighted by Gasteiger charge is 2.04. The van der Waals surface area contributed by atoms with Crippen LogP contribution in [0, 0.1) is 6.92 Å². The highest BCUT2D eigenvalue weighted by Crippen LogP contribution is 2.02. The van der Waals surface area contributed by atoms with E-state index >= 15 is 0 Å². The van der Waals surface area contributed by atoms with Crippen LogP contribution in [0.1, 0.15) is 19.7 Å². The molecule has 0 aromatic carbocycles. The van der Waals surface area contributed by atoms with Crippen LogP contribution in [0.15, 0.2) is 18.0 Å². The van der Waals surface area contributed by atoms with Gasteiger partial charge in [-0.15, -0.1) is 0 Å². The van der Waals surface area contributed by atoms with Crippen LogP contribution in [-0.2, 0) is 9.53 Å². The number of esters is 1. The normalized spacial score (nSPS) is 11.5. The molecule has 4 heteroatoms. The summed E-state index contributed by atoms with van der Waals surface area (Å²) in [5.41, 5.74) is 0.563. The van der Waals surface area contributed by atoms with E-state index in [1.54, 1.807) is 37.0 Å². The molecule has 0 saturated carbocycles. The standard InChI is InChI=1S/C10H14N2O2/c1-4-14-10(13)8(2)7-12-6-5-11-9(12)3/h5-7H,4H2,1-3H3. The lowest BCUT2D eigenvalue weighted by molar-refractivity contribution is -0.138. The third kappa shape index (κ3) is 2.45. The van der Waals surface area contributed by atoms with Gasteiger partial charge in [-0.25, -0.2) is 9.78 Å². The summed E-state index contributed by atoms with van der Waals surface area (Å²) >= 11 is 0. The van der Waals surface area contributed by atoms with Crippen LogP contribution in [-0.4, -0.2) is 22.1 Å². The van der Waals surface area contributed by atoms with E-state index in [4.69, 9.17) is 4.74 Å². The quantitative estimate of drug-likeness (QED) is 0.542.